The number of carbonyl (C=O) groups excluding carboxylic acids is 2. The monoisotopic (exact) mass is 343 g/mol. The van der Waals surface area contributed by atoms with E-state index in [2.05, 4.69) is 15.5 Å². The van der Waals surface area contributed by atoms with Crippen molar-refractivity contribution in [2.75, 3.05) is 36.4 Å². The molecule has 1 aliphatic heterocycles. The lowest BCUT2D eigenvalue weighted by Gasteiger charge is -2.34. The van der Waals surface area contributed by atoms with Crippen molar-refractivity contribution in [1.29, 1.82) is 0 Å². The molecule has 1 saturated heterocycles. The van der Waals surface area contributed by atoms with Crippen LogP contribution in [0.3, 0.4) is 0 Å². The van der Waals surface area contributed by atoms with Crippen LogP contribution >= 0.6 is 0 Å². The number of nitrogens with one attached hydrogen (secondary N) is 1. The number of aromatic nitrogens is 2. The fourth-order valence-electron chi connectivity index (χ4n) is 2.63. The van der Waals surface area contributed by atoms with Crippen LogP contribution in [0.25, 0.3) is 0 Å². The van der Waals surface area contributed by atoms with E-state index in [1.165, 1.54) is 18.2 Å². The Labute approximate surface area is 144 Å². The van der Waals surface area contributed by atoms with Crippen molar-refractivity contribution >= 4 is 23.3 Å². The molecule has 3 rings (SSSR count). The first kappa shape index (κ1) is 16.8. The van der Waals surface area contributed by atoms with Gasteiger partial charge in [0.05, 0.1) is 0 Å². The van der Waals surface area contributed by atoms with Gasteiger partial charge in [0.1, 0.15) is 5.82 Å². The van der Waals surface area contributed by atoms with Gasteiger partial charge in [0, 0.05) is 38.8 Å². The molecule has 2 heterocycles. The molecule has 130 valence electrons. The van der Waals surface area contributed by atoms with Crippen LogP contribution in [0.15, 0.2) is 36.4 Å². The minimum absolute atomic E-state index is 0.0649. The summed E-state index contributed by atoms with van der Waals surface area (Å²) in [5.74, 6) is -0.157. The molecule has 1 fully saturated rings. The topological polar surface area (TPSA) is 78.4 Å². The number of hydrogen-bond donors (Lipinski definition) is 1. The first-order valence-electron chi connectivity index (χ1n) is 7.94. The van der Waals surface area contributed by atoms with Crippen LogP contribution in [-0.4, -0.2) is 53.1 Å². The van der Waals surface area contributed by atoms with Crippen LogP contribution in [0.4, 0.5) is 15.9 Å². The van der Waals surface area contributed by atoms with E-state index in [1.54, 1.807) is 30.0 Å². The summed E-state index contributed by atoms with van der Waals surface area (Å²) in [4.78, 5) is 27.3. The van der Waals surface area contributed by atoms with Crippen LogP contribution < -0.4 is 10.2 Å². The van der Waals surface area contributed by atoms with Gasteiger partial charge in [-0.05, 0) is 30.3 Å². The summed E-state index contributed by atoms with van der Waals surface area (Å²) in [7, 11) is 0. The third kappa shape index (κ3) is 4.09. The molecule has 2 amide bonds. The molecule has 1 aromatic heterocycles. The zero-order chi connectivity index (χ0) is 17.8. The third-order valence-corrected chi connectivity index (χ3v) is 4.01. The molecule has 8 heteroatoms. The lowest BCUT2D eigenvalue weighted by molar-refractivity contribution is -0.129. The summed E-state index contributed by atoms with van der Waals surface area (Å²) in [6, 6.07) is 8.94. The largest absolute Gasteiger partial charge is 0.352 e. The van der Waals surface area contributed by atoms with Gasteiger partial charge in [-0.3, -0.25) is 9.59 Å². The summed E-state index contributed by atoms with van der Waals surface area (Å²) >= 11 is 0. The maximum absolute atomic E-state index is 13.1. The van der Waals surface area contributed by atoms with E-state index in [0.29, 0.717) is 37.7 Å². The van der Waals surface area contributed by atoms with Gasteiger partial charge in [-0.2, -0.15) is 0 Å². The number of halogens is 1. The molecule has 25 heavy (non-hydrogen) atoms. The maximum atomic E-state index is 13.1. The van der Waals surface area contributed by atoms with Gasteiger partial charge in [-0.25, -0.2) is 4.39 Å². The van der Waals surface area contributed by atoms with Gasteiger partial charge in [-0.15, -0.1) is 10.2 Å². The van der Waals surface area contributed by atoms with Crippen molar-refractivity contribution in [2.24, 2.45) is 0 Å². The van der Waals surface area contributed by atoms with Gasteiger partial charge in [-0.1, -0.05) is 6.07 Å². The normalized spacial score (nSPS) is 14.3. The number of benzene rings is 1. The quantitative estimate of drug-likeness (QED) is 0.914. The van der Waals surface area contributed by atoms with E-state index in [9.17, 15) is 14.0 Å². The second-order valence-corrected chi connectivity index (χ2v) is 5.73. The second-order valence-electron chi connectivity index (χ2n) is 5.73. The lowest BCUT2D eigenvalue weighted by atomic mass is 10.2. The van der Waals surface area contributed by atoms with Crippen molar-refractivity contribution in [3.63, 3.8) is 0 Å². The second kappa shape index (κ2) is 7.25. The summed E-state index contributed by atoms with van der Waals surface area (Å²) < 4.78 is 13.1. The van der Waals surface area contributed by atoms with Gasteiger partial charge >= 0.3 is 0 Å². The highest BCUT2D eigenvalue weighted by Gasteiger charge is 2.20. The molecular weight excluding hydrogens is 325 g/mol. The molecule has 2 aromatic rings. The van der Waals surface area contributed by atoms with Crippen molar-refractivity contribution in [1.82, 2.24) is 15.1 Å². The minimum Gasteiger partial charge on any atom is -0.352 e. The van der Waals surface area contributed by atoms with E-state index in [4.69, 9.17) is 0 Å². The minimum atomic E-state index is -0.453. The maximum Gasteiger partial charge on any atom is 0.276 e. The molecule has 0 aliphatic carbocycles. The Hall–Kier alpha value is -3.03. The van der Waals surface area contributed by atoms with Crippen LogP contribution in [0.5, 0.6) is 0 Å². The molecule has 0 spiro atoms. The SMILES string of the molecule is CC(=O)N1CCN(c2ccc(C(=O)Nc3cccc(F)c3)nn2)CC1. The summed E-state index contributed by atoms with van der Waals surface area (Å²) in [5, 5.41) is 10.6. The summed E-state index contributed by atoms with van der Waals surface area (Å²) in [6.45, 7) is 4.17. The highest BCUT2D eigenvalue weighted by molar-refractivity contribution is 6.02. The number of hydrogen-bond acceptors (Lipinski definition) is 5. The Balaban J connectivity index is 1.62. The van der Waals surface area contributed by atoms with Crippen molar-refractivity contribution < 1.29 is 14.0 Å². The van der Waals surface area contributed by atoms with E-state index in [1.807, 2.05) is 4.90 Å². The standard InChI is InChI=1S/C17H18FN5O2/c1-12(24)22-7-9-23(10-8-22)16-6-5-15(20-21-16)17(25)19-14-4-2-3-13(18)11-14/h2-6,11H,7-10H2,1H3,(H,19,25). The van der Waals surface area contributed by atoms with Crippen LogP contribution in [-0.2, 0) is 4.79 Å². The fraction of sp³-hybridized carbons (Fsp3) is 0.294. The Morgan fingerprint density at radius 3 is 2.44 bits per heavy atom. The third-order valence-electron chi connectivity index (χ3n) is 4.01. The van der Waals surface area contributed by atoms with Gasteiger partial charge in [0.2, 0.25) is 5.91 Å². The molecular formula is C17H18FN5O2. The van der Waals surface area contributed by atoms with Gasteiger partial charge in [0.15, 0.2) is 11.5 Å². The number of piperazine rings is 1. The Morgan fingerprint density at radius 1 is 1.08 bits per heavy atom. The van der Waals surface area contributed by atoms with E-state index < -0.39 is 11.7 Å². The smallest absolute Gasteiger partial charge is 0.276 e. The summed E-state index contributed by atoms with van der Waals surface area (Å²) in [5.41, 5.74) is 0.506. The molecule has 1 aromatic carbocycles. The zero-order valence-electron chi connectivity index (χ0n) is 13.8. The van der Waals surface area contributed by atoms with Gasteiger partial charge in [0.25, 0.3) is 5.91 Å². The predicted octanol–water partition coefficient (Wildman–Crippen LogP) is 1.54. The highest BCUT2D eigenvalue weighted by atomic mass is 19.1. The van der Waals surface area contributed by atoms with Crippen molar-refractivity contribution in [3.8, 4) is 0 Å². The molecule has 0 radical (unpaired) electrons. The molecule has 0 atom stereocenters. The van der Waals surface area contributed by atoms with Crippen LogP contribution in [0.2, 0.25) is 0 Å². The predicted molar refractivity (Wildman–Crippen MR) is 90.9 cm³/mol. The molecule has 0 bridgehead atoms. The van der Waals surface area contributed by atoms with E-state index in [0.717, 1.165) is 0 Å². The number of amides is 2. The molecule has 7 nitrogen and oxygen atoms in total. The molecule has 0 unspecified atom stereocenters. The molecule has 1 N–H and O–H groups in total. The van der Waals surface area contributed by atoms with Crippen LogP contribution in [0.1, 0.15) is 17.4 Å². The average Bonchev–Trinajstić information content (AvgIpc) is 2.62. The number of nitrogens with zero attached hydrogens (tertiary/aromatic N) is 4. The van der Waals surface area contributed by atoms with Gasteiger partial charge < -0.3 is 15.1 Å². The first-order chi connectivity index (χ1) is 12.0. The number of carbonyl (C=O) groups is 2. The summed E-state index contributed by atoms with van der Waals surface area (Å²) in [6.07, 6.45) is 0. The Bertz CT molecular complexity index is 773. The lowest BCUT2D eigenvalue weighted by Crippen LogP contribution is -2.48. The Morgan fingerprint density at radius 2 is 1.84 bits per heavy atom. The Kier molecular flexibility index (Phi) is 4.87. The van der Waals surface area contributed by atoms with Crippen molar-refractivity contribution in [2.45, 2.75) is 6.92 Å². The number of anilines is 2. The molecule has 1 aliphatic rings. The van der Waals surface area contributed by atoms with E-state index >= 15 is 0 Å². The molecule has 0 saturated carbocycles. The zero-order valence-corrected chi connectivity index (χ0v) is 13.8. The fourth-order valence-corrected chi connectivity index (χ4v) is 2.63. The average molecular weight is 343 g/mol. The highest BCUT2D eigenvalue weighted by Crippen LogP contribution is 2.14. The first-order valence-corrected chi connectivity index (χ1v) is 7.94. The van der Waals surface area contributed by atoms with Crippen LogP contribution in [0, 0.1) is 5.82 Å². The van der Waals surface area contributed by atoms with E-state index in [-0.39, 0.29) is 11.6 Å². The van der Waals surface area contributed by atoms with Crippen molar-refractivity contribution in [3.05, 3.63) is 47.9 Å². The number of rotatable bonds is 3.